The summed E-state index contributed by atoms with van der Waals surface area (Å²) >= 11 is 0. The number of rotatable bonds is 12. The molecule has 0 bridgehead atoms. The molecular weight excluding hydrogens is 242 g/mol. The fraction of sp³-hybridized carbons (Fsp3) is 0.786. The zero-order valence-electron chi connectivity index (χ0n) is 11.6. The van der Waals surface area contributed by atoms with E-state index in [4.69, 9.17) is 5.11 Å². The lowest BCUT2D eigenvalue weighted by atomic mass is 10.1. The molecule has 5 nitrogen and oxygen atoms in total. The van der Waals surface area contributed by atoms with Crippen molar-refractivity contribution in [2.75, 3.05) is 0 Å². The minimum absolute atomic E-state index is 0.322. The van der Waals surface area contributed by atoms with Crippen LogP contribution in [0.15, 0.2) is 12.4 Å². The number of hydrogen-bond acceptors (Lipinski definition) is 3. The number of aryl methyl sites for hydroxylation is 1. The fourth-order valence-electron chi connectivity index (χ4n) is 2.14. The number of nitrogens with zero attached hydrogens (tertiary/aromatic N) is 3. The van der Waals surface area contributed by atoms with Gasteiger partial charge in [0.25, 0.3) is 0 Å². The first-order valence-electron chi connectivity index (χ1n) is 7.35. The lowest BCUT2D eigenvalue weighted by molar-refractivity contribution is -0.137. The Bertz CT molecular complexity index is 325. The standard InChI is InChI=1S/C14H25N3O2/c18-14(19)10-8-6-4-2-1-3-5-7-9-12-17-13-11-15-16-17/h11,13H,1-10,12H2,(H,18,19). The lowest BCUT2D eigenvalue weighted by Gasteiger charge is -2.02. The number of unbranched alkanes of at least 4 members (excludes halogenated alkanes) is 8. The minimum atomic E-state index is -0.674. The van der Waals surface area contributed by atoms with Gasteiger partial charge in [0.05, 0.1) is 6.20 Å². The van der Waals surface area contributed by atoms with Crippen LogP contribution in [0, 0.1) is 0 Å². The molecule has 0 unspecified atom stereocenters. The van der Waals surface area contributed by atoms with Gasteiger partial charge in [-0.2, -0.15) is 0 Å². The Morgan fingerprint density at radius 3 is 2.05 bits per heavy atom. The highest BCUT2D eigenvalue weighted by molar-refractivity contribution is 5.66. The normalized spacial score (nSPS) is 10.7. The van der Waals surface area contributed by atoms with Crippen molar-refractivity contribution in [3.05, 3.63) is 12.4 Å². The highest BCUT2D eigenvalue weighted by Crippen LogP contribution is 2.10. The Morgan fingerprint density at radius 1 is 0.947 bits per heavy atom. The molecule has 19 heavy (non-hydrogen) atoms. The molecular formula is C14H25N3O2. The molecule has 0 spiro atoms. The van der Waals surface area contributed by atoms with Crippen molar-refractivity contribution in [3.63, 3.8) is 0 Å². The summed E-state index contributed by atoms with van der Waals surface area (Å²) < 4.78 is 1.88. The monoisotopic (exact) mass is 267 g/mol. The van der Waals surface area contributed by atoms with E-state index >= 15 is 0 Å². The van der Waals surface area contributed by atoms with Crippen molar-refractivity contribution < 1.29 is 9.90 Å². The molecule has 5 heteroatoms. The van der Waals surface area contributed by atoms with Crippen LogP contribution >= 0.6 is 0 Å². The number of aromatic nitrogens is 3. The summed E-state index contributed by atoms with van der Waals surface area (Å²) in [5.74, 6) is -0.674. The van der Waals surface area contributed by atoms with Gasteiger partial charge in [0.1, 0.15) is 0 Å². The van der Waals surface area contributed by atoms with E-state index < -0.39 is 5.97 Å². The van der Waals surface area contributed by atoms with E-state index in [9.17, 15) is 4.79 Å². The van der Waals surface area contributed by atoms with E-state index in [1.165, 1.54) is 44.9 Å². The zero-order chi connectivity index (χ0) is 13.8. The third kappa shape index (κ3) is 9.22. The van der Waals surface area contributed by atoms with Crippen molar-refractivity contribution in [1.29, 1.82) is 0 Å². The van der Waals surface area contributed by atoms with Crippen LogP contribution in [0.2, 0.25) is 0 Å². The van der Waals surface area contributed by atoms with Gasteiger partial charge in [-0.05, 0) is 12.8 Å². The number of carboxylic acid groups (broad SMARTS) is 1. The van der Waals surface area contributed by atoms with Gasteiger partial charge in [-0.15, -0.1) is 5.10 Å². The summed E-state index contributed by atoms with van der Waals surface area (Å²) in [6.07, 6.45) is 14.5. The second-order valence-corrected chi connectivity index (χ2v) is 4.99. The van der Waals surface area contributed by atoms with Crippen LogP contribution in [0.1, 0.15) is 64.2 Å². The second-order valence-electron chi connectivity index (χ2n) is 4.99. The highest BCUT2D eigenvalue weighted by atomic mass is 16.4. The van der Waals surface area contributed by atoms with Crippen molar-refractivity contribution in [1.82, 2.24) is 15.0 Å². The predicted octanol–water partition coefficient (Wildman–Crippen LogP) is 3.26. The third-order valence-electron chi connectivity index (χ3n) is 3.25. The first kappa shape index (κ1) is 15.7. The molecule has 0 amide bonds. The van der Waals surface area contributed by atoms with Crippen LogP contribution in [-0.2, 0) is 11.3 Å². The average Bonchev–Trinajstić information content (AvgIpc) is 2.88. The third-order valence-corrected chi connectivity index (χ3v) is 3.25. The van der Waals surface area contributed by atoms with Gasteiger partial charge in [-0.1, -0.05) is 50.2 Å². The van der Waals surface area contributed by atoms with E-state index in [1.54, 1.807) is 6.20 Å². The Hall–Kier alpha value is -1.39. The molecule has 0 fully saturated rings. The molecule has 1 N–H and O–H groups in total. The molecule has 1 aromatic rings. The van der Waals surface area contributed by atoms with Crippen LogP contribution < -0.4 is 0 Å². The predicted molar refractivity (Wildman–Crippen MR) is 73.8 cm³/mol. The Balaban J connectivity index is 1.75. The largest absolute Gasteiger partial charge is 0.481 e. The van der Waals surface area contributed by atoms with Crippen LogP contribution in [0.5, 0.6) is 0 Å². The maximum atomic E-state index is 10.3. The van der Waals surface area contributed by atoms with E-state index in [0.717, 1.165) is 19.4 Å². The quantitative estimate of drug-likeness (QED) is 0.590. The van der Waals surface area contributed by atoms with E-state index in [0.29, 0.717) is 6.42 Å². The highest BCUT2D eigenvalue weighted by Gasteiger charge is 1.97. The molecule has 1 rings (SSSR count). The van der Waals surface area contributed by atoms with E-state index in [1.807, 2.05) is 10.9 Å². The van der Waals surface area contributed by atoms with Crippen LogP contribution in [0.25, 0.3) is 0 Å². The van der Waals surface area contributed by atoms with E-state index in [-0.39, 0.29) is 0 Å². The van der Waals surface area contributed by atoms with Gasteiger partial charge < -0.3 is 5.11 Å². The molecule has 0 atom stereocenters. The first-order valence-corrected chi connectivity index (χ1v) is 7.35. The number of carbonyl (C=O) groups is 1. The molecule has 0 saturated heterocycles. The summed E-state index contributed by atoms with van der Waals surface area (Å²) in [7, 11) is 0. The number of hydrogen-bond donors (Lipinski definition) is 1. The summed E-state index contributed by atoms with van der Waals surface area (Å²) in [4.78, 5) is 10.3. The van der Waals surface area contributed by atoms with Crippen LogP contribution in [-0.4, -0.2) is 26.1 Å². The SMILES string of the molecule is O=C(O)CCCCCCCCCCCn1ccnn1. The fourth-order valence-corrected chi connectivity index (χ4v) is 2.14. The summed E-state index contributed by atoms with van der Waals surface area (Å²) in [5, 5.41) is 16.2. The average molecular weight is 267 g/mol. The van der Waals surface area contributed by atoms with Gasteiger partial charge in [0, 0.05) is 19.2 Å². The van der Waals surface area contributed by atoms with Gasteiger partial charge in [0.15, 0.2) is 0 Å². The Morgan fingerprint density at radius 2 is 1.53 bits per heavy atom. The second kappa shape index (κ2) is 10.5. The van der Waals surface area contributed by atoms with Crippen LogP contribution in [0.3, 0.4) is 0 Å². The number of aliphatic carboxylic acids is 1. The number of carboxylic acids is 1. The van der Waals surface area contributed by atoms with Crippen molar-refractivity contribution in [2.24, 2.45) is 0 Å². The van der Waals surface area contributed by atoms with Crippen molar-refractivity contribution in [3.8, 4) is 0 Å². The molecule has 1 heterocycles. The minimum Gasteiger partial charge on any atom is -0.481 e. The molecule has 108 valence electrons. The Labute approximate surface area is 115 Å². The van der Waals surface area contributed by atoms with Gasteiger partial charge in [-0.25, -0.2) is 0 Å². The van der Waals surface area contributed by atoms with E-state index in [2.05, 4.69) is 10.3 Å². The van der Waals surface area contributed by atoms with Crippen molar-refractivity contribution in [2.45, 2.75) is 70.8 Å². The molecule has 0 aliphatic carbocycles. The smallest absolute Gasteiger partial charge is 0.303 e. The van der Waals surface area contributed by atoms with Gasteiger partial charge in [0.2, 0.25) is 0 Å². The first-order chi connectivity index (χ1) is 9.29. The summed E-state index contributed by atoms with van der Waals surface area (Å²) in [6.45, 7) is 0.967. The topological polar surface area (TPSA) is 68.0 Å². The lowest BCUT2D eigenvalue weighted by Crippen LogP contribution is -1.98. The van der Waals surface area contributed by atoms with Gasteiger partial charge >= 0.3 is 5.97 Å². The molecule has 0 aliphatic heterocycles. The molecule has 0 radical (unpaired) electrons. The Kier molecular flexibility index (Phi) is 8.68. The maximum Gasteiger partial charge on any atom is 0.303 e. The van der Waals surface area contributed by atoms with Gasteiger partial charge in [-0.3, -0.25) is 9.48 Å². The molecule has 0 aromatic carbocycles. The molecule has 0 aliphatic rings. The zero-order valence-corrected chi connectivity index (χ0v) is 11.6. The molecule has 1 aromatic heterocycles. The summed E-state index contributed by atoms with van der Waals surface area (Å²) in [5.41, 5.74) is 0. The summed E-state index contributed by atoms with van der Waals surface area (Å²) in [6, 6.07) is 0. The van der Waals surface area contributed by atoms with Crippen molar-refractivity contribution >= 4 is 5.97 Å². The van der Waals surface area contributed by atoms with Crippen LogP contribution in [0.4, 0.5) is 0 Å². The molecule has 0 saturated carbocycles. The maximum absolute atomic E-state index is 10.3.